The van der Waals surface area contributed by atoms with Crippen LogP contribution in [0.5, 0.6) is 5.75 Å². The number of rotatable bonds is 11. The fraction of sp³-hybridized carbons (Fsp3) is 0.486. The summed E-state index contributed by atoms with van der Waals surface area (Å²) in [5, 5.41) is 2.01. The minimum Gasteiger partial charge on any atom is -0.497 e. The van der Waals surface area contributed by atoms with Crippen LogP contribution in [-0.2, 0) is 0 Å². The van der Waals surface area contributed by atoms with Crippen LogP contribution < -0.4 is 4.74 Å². The number of unbranched alkanes of at least 4 members (excludes halogenated alkanes) is 1. The summed E-state index contributed by atoms with van der Waals surface area (Å²) in [6.07, 6.45) is 8.04. The van der Waals surface area contributed by atoms with Crippen molar-refractivity contribution in [2.75, 3.05) is 20.2 Å². The van der Waals surface area contributed by atoms with Crippen LogP contribution in [0.3, 0.4) is 0 Å². The van der Waals surface area contributed by atoms with Gasteiger partial charge in [0.2, 0.25) is 0 Å². The molecule has 0 saturated carbocycles. The maximum absolute atomic E-state index is 16.9. The van der Waals surface area contributed by atoms with Crippen LogP contribution in [0.1, 0.15) is 85.1 Å². The number of nitrogens with zero attached hydrogens (tertiary/aromatic N) is 2. The molecule has 0 N–H and O–H groups in total. The molecule has 0 aliphatic carbocycles. The molecule has 41 heavy (non-hydrogen) atoms. The number of aliphatic imine (C=N–C) groups is 1. The largest absolute Gasteiger partial charge is 0.497 e. The maximum atomic E-state index is 16.9. The van der Waals surface area contributed by atoms with Crippen molar-refractivity contribution in [1.82, 2.24) is 4.90 Å². The number of ether oxygens (including phenoxy) is 1. The van der Waals surface area contributed by atoms with Gasteiger partial charge in [-0.3, -0.25) is 4.99 Å². The van der Waals surface area contributed by atoms with E-state index in [9.17, 15) is 0 Å². The second-order valence-electron chi connectivity index (χ2n) is 12.5. The summed E-state index contributed by atoms with van der Waals surface area (Å²) in [6, 6.07) is 16.0. The summed E-state index contributed by atoms with van der Waals surface area (Å²) in [5.41, 5.74) is 4.38. The first kappa shape index (κ1) is 30.8. The molecule has 0 bridgehead atoms. The fourth-order valence-corrected chi connectivity index (χ4v) is 6.11. The Bertz CT molecular complexity index is 1360. The molecule has 0 amide bonds. The van der Waals surface area contributed by atoms with Crippen molar-refractivity contribution in [2.45, 2.75) is 79.6 Å². The van der Waals surface area contributed by atoms with Crippen LogP contribution >= 0.6 is 0 Å². The quantitative estimate of drug-likeness (QED) is 0.219. The van der Waals surface area contributed by atoms with Gasteiger partial charge in [0, 0.05) is 35.6 Å². The van der Waals surface area contributed by atoms with E-state index in [2.05, 4.69) is 39.2 Å². The predicted octanol–water partition coefficient (Wildman–Crippen LogP) is 10.7. The lowest BCUT2D eigenvalue weighted by Crippen LogP contribution is -2.28. The molecule has 1 heterocycles. The van der Waals surface area contributed by atoms with Crippen LogP contribution in [0.15, 0.2) is 60.1 Å². The highest BCUT2D eigenvalue weighted by molar-refractivity contribution is 5.99. The number of likely N-dealkylation sites (tertiary alicyclic amines) is 1. The Morgan fingerprint density at radius 1 is 1.05 bits per heavy atom. The topological polar surface area (TPSA) is 24.8 Å². The van der Waals surface area contributed by atoms with E-state index in [0.29, 0.717) is 34.8 Å². The molecule has 4 heteroatoms. The lowest BCUT2D eigenvalue weighted by Gasteiger charge is -2.29. The summed E-state index contributed by atoms with van der Waals surface area (Å²) >= 11 is 0. The lowest BCUT2D eigenvalue weighted by atomic mass is 9.94. The molecule has 3 nitrogen and oxygen atoms in total. The molecule has 3 aromatic carbocycles. The molecule has 1 aliphatic rings. The Hall–Kier alpha value is -3.14. The van der Waals surface area contributed by atoms with E-state index in [1.54, 1.807) is 7.11 Å². The van der Waals surface area contributed by atoms with Gasteiger partial charge >= 0.3 is 0 Å². The molecule has 4 rings (SSSR count). The van der Waals surface area contributed by atoms with Gasteiger partial charge in [-0.25, -0.2) is 4.39 Å². The van der Waals surface area contributed by atoms with Crippen molar-refractivity contribution in [3.05, 3.63) is 66.5 Å². The molecule has 3 aromatic rings. The van der Waals surface area contributed by atoms with Gasteiger partial charge in [-0.15, -0.1) is 0 Å². The van der Waals surface area contributed by atoms with E-state index in [1.807, 2.05) is 55.5 Å². The fourth-order valence-electron chi connectivity index (χ4n) is 6.11. The average molecular weight is 557 g/mol. The van der Waals surface area contributed by atoms with Crippen molar-refractivity contribution in [1.29, 1.82) is 0 Å². The number of hydrogen-bond donors (Lipinski definition) is 0. The average Bonchev–Trinajstić information content (AvgIpc) is 3.14. The van der Waals surface area contributed by atoms with Crippen molar-refractivity contribution >= 4 is 27.9 Å². The normalized spacial score (nSPS) is 18.8. The molecule has 1 fully saturated rings. The van der Waals surface area contributed by atoms with E-state index in [-0.39, 0.29) is 5.82 Å². The Morgan fingerprint density at radius 2 is 1.76 bits per heavy atom. The van der Waals surface area contributed by atoms with E-state index in [0.717, 1.165) is 59.2 Å². The Labute approximate surface area is 247 Å². The Balaban J connectivity index is 1.81. The molecule has 3 atom stereocenters. The highest BCUT2D eigenvalue weighted by Crippen LogP contribution is 2.41. The molecule has 0 spiro atoms. The van der Waals surface area contributed by atoms with Crippen molar-refractivity contribution in [2.24, 2.45) is 22.7 Å². The van der Waals surface area contributed by atoms with Gasteiger partial charge in [0.25, 0.3) is 0 Å². The van der Waals surface area contributed by atoms with Crippen LogP contribution in [0, 0.1) is 23.6 Å². The highest BCUT2D eigenvalue weighted by atomic mass is 19.1. The molecule has 1 saturated heterocycles. The van der Waals surface area contributed by atoms with E-state index in [1.165, 1.54) is 32.1 Å². The summed E-state index contributed by atoms with van der Waals surface area (Å²) in [4.78, 5) is 7.38. The second-order valence-corrected chi connectivity index (χ2v) is 12.5. The van der Waals surface area contributed by atoms with Crippen LogP contribution in [0.2, 0.25) is 0 Å². The van der Waals surface area contributed by atoms with Crippen molar-refractivity contribution < 1.29 is 9.13 Å². The first-order valence-corrected chi connectivity index (χ1v) is 15.6. The highest BCUT2D eigenvalue weighted by Gasteiger charge is 2.25. The van der Waals surface area contributed by atoms with Gasteiger partial charge < -0.3 is 9.64 Å². The molecule has 0 aromatic heterocycles. The standard InChI is InChI=1S/C37H49FN2O/c1-8-9-12-25(2)17-18-28(5)39-37-32(29(6)40-23-26(3)15-16-27(4)24-40)19-20-34(36(37)38)35-22-31(41-7)21-30-13-10-11-14-33(30)35/h10-11,13-14,19-22,25-27H,6,8-9,12,15-18,23-24H2,1-5,7H3/t25-,26?,27?/m0/s1. The van der Waals surface area contributed by atoms with Crippen LogP contribution in [0.4, 0.5) is 10.1 Å². The van der Waals surface area contributed by atoms with E-state index in [4.69, 9.17) is 9.73 Å². The third-order valence-corrected chi connectivity index (χ3v) is 8.74. The predicted molar refractivity (Wildman–Crippen MR) is 175 cm³/mol. The van der Waals surface area contributed by atoms with Gasteiger partial charge in [0.15, 0.2) is 5.82 Å². The third kappa shape index (κ3) is 7.58. The molecular weight excluding hydrogens is 507 g/mol. The maximum Gasteiger partial charge on any atom is 0.157 e. The monoisotopic (exact) mass is 556 g/mol. The molecule has 220 valence electrons. The number of fused-ring (bicyclic) bond motifs is 1. The second kappa shape index (κ2) is 14.2. The van der Waals surface area contributed by atoms with Crippen molar-refractivity contribution in [3.8, 4) is 16.9 Å². The van der Waals surface area contributed by atoms with Gasteiger partial charge in [0.05, 0.1) is 7.11 Å². The van der Waals surface area contributed by atoms with Gasteiger partial charge in [-0.2, -0.15) is 0 Å². The smallest absolute Gasteiger partial charge is 0.157 e. The van der Waals surface area contributed by atoms with E-state index < -0.39 is 0 Å². The minimum absolute atomic E-state index is 0.295. The number of hydrogen-bond acceptors (Lipinski definition) is 3. The van der Waals surface area contributed by atoms with Gasteiger partial charge in [-0.1, -0.05) is 83.9 Å². The lowest BCUT2D eigenvalue weighted by molar-refractivity contribution is 0.340. The zero-order valence-electron chi connectivity index (χ0n) is 26.1. The van der Waals surface area contributed by atoms with Gasteiger partial charge in [0.1, 0.15) is 11.4 Å². The summed E-state index contributed by atoms with van der Waals surface area (Å²) in [5.74, 6) is 2.19. The first-order chi connectivity index (χ1) is 19.7. The summed E-state index contributed by atoms with van der Waals surface area (Å²) in [7, 11) is 1.65. The minimum atomic E-state index is -0.295. The Morgan fingerprint density at radius 3 is 2.44 bits per heavy atom. The van der Waals surface area contributed by atoms with E-state index >= 15 is 4.39 Å². The SMILES string of the molecule is C=C(c1ccc(-c2cc(OC)cc3ccccc23)c(F)c1N=C(C)CC[C@@H](C)CCCC)N1CC(C)CCC(C)C1. The summed E-state index contributed by atoms with van der Waals surface area (Å²) < 4.78 is 22.5. The number of methoxy groups -OCH3 is 1. The first-order valence-electron chi connectivity index (χ1n) is 15.6. The third-order valence-electron chi connectivity index (χ3n) is 8.74. The zero-order valence-corrected chi connectivity index (χ0v) is 26.1. The van der Waals surface area contributed by atoms with Gasteiger partial charge in [-0.05, 0) is 84.9 Å². The molecular formula is C37H49FN2O. The molecule has 0 radical (unpaired) electrons. The van der Waals surface area contributed by atoms with Crippen LogP contribution in [0.25, 0.3) is 27.6 Å². The molecule has 2 unspecified atom stereocenters. The summed E-state index contributed by atoms with van der Waals surface area (Å²) in [6.45, 7) is 17.6. The van der Waals surface area contributed by atoms with Crippen LogP contribution in [-0.4, -0.2) is 30.8 Å². The number of benzene rings is 3. The number of halogens is 1. The Kier molecular flexibility index (Phi) is 10.6. The zero-order chi connectivity index (χ0) is 29.5. The van der Waals surface area contributed by atoms with Crippen molar-refractivity contribution in [3.63, 3.8) is 0 Å². The molecule has 1 aliphatic heterocycles.